The molecule has 0 aromatic heterocycles. The van der Waals surface area contributed by atoms with E-state index >= 15 is 0 Å². The third-order valence-electron chi connectivity index (χ3n) is 7.02. The molecule has 37 heavy (non-hydrogen) atoms. The van der Waals surface area contributed by atoms with Gasteiger partial charge in [-0.3, -0.25) is 4.79 Å². The maximum atomic E-state index is 11.5. The number of hydrogen-bond acceptors (Lipinski definition) is 8. The van der Waals surface area contributed by atoms with Gasteiger partial charge in [-0.25, -0.2) is 0 Å². The lowest BCUT2D eigenvalue weighted by molar-refractivity contribution is -0.318. The number of rotatable bonds is 14. The van der Waals surface area contributed by atoms with E-state index in [9.17, 15) is 4.79 Å². The van der Waals surface area contributed by atoms with Gasteiger partial charge in [0.15, 0.2) is 14.6 Å². The highest BCUT2D eigenvalue weighted by molar-refractivity contribution is 9.28. The van der Waals surface area contributed by atoms with Gasteiger partial charge in [0, 0.05) is 27.8 Å². The number of esters is 1. The van der Waals surface area contributed by atoms with E-state index in [2.05, 4.69) is 65.7 Å². The Hall–Kier alpha value is -0.113. The van der Waals surface area contributed by atoms with Crippen LogP contribution in [0.4, 0.5) is 0 Å². The minimum absolute atomic E-state index is 0.00344. The summed E-state index contributed by atoms with van der Waals surface area (Å²) >= 11 is 7.02. The molecule has 0 aromatic rings. The smallest absolute Gasteiger partial charge is 0.305 e. The highest BCUT2D eigenvalue weighted by atomic mass is 79.9. The monoisotopic (exact) mass is 672 g/mol. The molecule has 0 bridgehead atoms. The van der Waals surface area contributed by atoms with Crippen LogP contribution in [-0.4, -0.2) is 85.6 Å². The minimum atomic E-state index is -2.18. The van der Waals surface area contributed by atoms with E-state index in [1.165, 1.54) is 7.11 Å². The van der Waals surface area contributed by atoms with Gasteiger partial charge >= 0.3 is 5.97 Å². The van der Waals surface area contributed by atoms with Crippen molar-refractivity contribution in [1.29, 1.82) is 0 Å². The third-order valence-corrected chi connectivity index (χ3v) is 12.0. The molecule has 0 amide bonds. The molecule has 8 nitrogen and oxygen atoms in total. The second kappa shape index (κ2) is 16.2. The van der Waals surface area contributed by atoms with Gasteiger partial charge in [-0.2, -0.15) is 0 Å². The van der Waals surface area contributed by atoms with E-state index in [1.807, 2.05) is 25.2 Å². The predicted molar refractivity (Wildman–Crippen MR) is 155 cm³/mol. The molecule has 216 valence electrons. The van der Waals surface area contributed by atoms with Crippen LogP contribution in [0.25, 0.3) is 0 Å². The van der Waals surface area contributed by atoms with Gasteiger partial charge in [0.25, 0.3) is 0 Å². The summed E-state index contributed by atoms with van der Waals surface area (Å²) in [6.45, 7) is 13.0. The fourth-order valence-electron chi connectivity index (χ4n) is 3.87. The molecular formula is C26H46Br2O8Si. The molecule has 0 radical (unpaired) electrons. The largest absolute Gasteiger partial charge is 0.469 e. The molecule has 0 saturated carbocycles. The van der Waals surface area contributed by atoms with Crippen molar-refractivity contribution in [2.45, 2.75) is 108 Å². The van der Waals surface area contributed by atoms with E-state index in [1.54, 1.807) is 21.3 Å². The van der Waals surface area contributed by atoms with Crippen molar-refractivity contribution in [2.75, 3.05) is 28.4 Å². The zero-order valence-corrected chi connectivity index (χ0v) is 28.1. The summed E-state index contributed by atoms with van der Waals surface area (Å²) in [6.07, 6.45) is 4.36. The molecule has 1 saturated heterocycles. The van der Waals surface area contributed by atoms with Gasteiger partial charge in [0.1, 0.15) is 18.3 Å². The van der Waals surface area contributed by atoms with Gasteiger partial charge in [-0.15, -0.1) is 0 Å². The lowest BCUT2D eigenvalue weighted by Crippen LogP contribution is -2.60. The molecule has 1 fully saturated rings. The Morgan fingerprint density at radius 1 is 1.00 bits per heavy atom. The number of allylic oxidation sites excluding steroid dienone is 1. The predicted octanol–water partition coefficient (Wildman–Crippen LogP) is 6.08. The lowest BCUT2D eigenvalue weighted by atomic mass is 9.99. The van der Waals surface area contributed by atoms with Crippen molar-refractivity contribution in [2.24, 2.45) is 0 Å². The molecular weight excluding hydrogens is 628 g/mol. The normalized spacial score (nSPS) is 26.6. The van der Waals surface area contributed by atoms with Gasteiger partial charge < -0.3 is 32.8 Å². The first-order valence-electron chi connectivity index (χ1n) is 12.5. The molecule has 0 aliphatic carbocycles. The van der Waals surface area contributed by atoms with Gasteiger partial charge in [-0.05, 0) is 75.8 Å². The van der Waals surface area contributed by atoms with Crippen LogP contribution < -0.4 is 0 Å². The zero-order chi connectivity index (χ0) is 28.4. The van der Waals surface area contributed by atoms with Crippen LogP contribution in [0.2, 0.25) is 18.1 Å². The van der Waals surface area contributed by atoms with Gasteiger partial charge in [0.05, 0.1) is 28.8 Å². The van der Waals surface area contributed by atoms with Crippen LogP contribution >= 0.6 is 31.9 Å². The average Bonchev–Trinajstić information content (AvgIpc) is 2.80. The third kappa shape index (κ3) is 10.8. The van der Waals surface area contributed by atoms with Crippen molar-refractivity contribution in [3.63, 3.8) is 0 Å². The highest BCUT2D eigenvalue weighted by Crippen LogP contribution is 2.39. The van der Waals surface area contributed by atoms with Crippen molar-refractivity contribution in [1.82, 2.24) is 0 Å². The van der Waals surface area contributed by atoms with E-state index in [-0.39, 0.29) is 29.3 Å². The summed E-state index contributed by atoms with van der Waals surface area (Å²) in [6, 6.07) is 0. The fraction of sp³-hybridized carbons (Fsp3) is 0.808. The molecule has 1 aliphatic rings. The Kier molecular flexibility index (Phi) is 15.3. The first kappa shape index (κ1) is 34.9. The summed E-state index contributed by atoms with van der Waals surface area (Å²) in [5, 5.41) is -0.00344. The molecule has 0 spiro atoms. The molecule has 0 N–H and O–H groups in total. The molecule has 7 atom stereocenters. The fourth-order valence-corrected chi connectivity index (χ4v) is 5.65. The zero-order valence-electron chi connectivity index (χ0n) is 23.9. The summed E-state index contributed by atoms with van der Waals surface area (Å²) in [5.74, 6) is -0.242. The lowest BCUT2D eigenvalue weighted by Gasteiger charge is -2.46. The first-order chi connectivity index (χ1) is 17.2. The second-order valence-corrected chi connectivity index (χ2v) is 18.1. The summed E-state index contributed by atoms with van der Waals surface area (Å²) in [4.78, 5) is 11.5. The standard InChI is InChI=1S/C26H46Br2O8Si/c1-17-22(31-6)23(32-7)24(33-8)25(34-17)35-18(14-12-11-13-15-21(29)30-5)19(16-20(27)28)36-37(9,10)26(2,3)4/h11-12,16-19,22-25H,13-15H2,1-10H3/b12-11+/t17?,18-,19+,22?,23?,24?,25?/m0/s1. The van der Waals surface area contributed by atoms with Crippen LogP contribution in [0.3, 0.4) is 0 Å². The maximum absolute atomic E-state index is 11.5. The van der Waals surface area contributed by atoms with E-state index in [4.69, 9.17) is 32.8 Å². The molecule has 0 aromatic carbocycles. The Morgan fingerprint density at radius 3 is 2.08 bits per heavy atom. The van der Waals surface area contributed by atoms with E-state index in [0.717, 1.165) is 3.39 Å². The van der Waals surface area contributed by atoms with Crippen molar-refractivity contribution in [3.8, 4) is 0 Å². The second-order valence-electron chi connectivity index (χ2n) is 10.6. The summed E-state index contributed by atoms with van der Waals surface area (Å²) in [7, 11) is 4.08. The maximum Gasteiger partial charge on any atom is 0.305 e. The quantitative estimate of drug-likeness (QED) is 0.125. The van der Waals surface area contributed by atoms with Crippen molar-refractivity contribution >= 4 is 46.1 Å². The van der Waals surface area contributed by atoms with Crippen LogP contribution in [0.15, 0.2) is 21.6 Å². The first-order valence-corrected chi connectivity index (χ1v) is 17.0. The average molecular weight is 675 g/mol. The number of halogens is 2. The SMILES string of the molecule is COC(=O)CC/C=C/C[C@H](OC1OC(C)C(OC)C(OC)C1OC)[C@@H](C=C(Br)Br)O[Si](C)(C)C(C)(C)C. The number of ether oxygens (including phenoxy) is 6. The van der Waals surface area contributed by atoms with Crippen LogP contribution in [0.1, 0.15) is 47.0 Å². The van der Waals surface area contributed by atoms with Gasteiger partial charge in [0.2, 0.25) is 0 Å². The van der Waals surface area contributed by atoms with Crippen LogP contribution in [0, 0.1) is 0 Å². The Labute approximate surface area is 241 Å². The van der Waals surface area contributed by atoms with Crippen molar-refractivity contribution < 1.29 is 37.6 Å². The highest BCUT2D eigenvalue weighted by Gasteiger charge is 2.48. The minimum Gasteiger partial charge on any atom is -0.469 e. The summed E-state index contributed by atoms with van der Waals surface area (Å²) in [5.41, 5.74) is 0. The number of hydrogen-bond donors (Lipinski definition) is 0. The van der Waals surface area contributed by atoms with Crippen LogP contribution in [-0.2, 0) is 37.6 Å². The summed E-state index contributed by atoms with van der Waals surface area (Å²) < 4.78 is 42.4. The molecule has 1 heterocycles. The number of methoxy groups -OCH3 is 4. The van der Waals surface area contributed by atoms with E-state index < -0.39 is 32.9 Å². The molecule has 1 aliphatic heterocycles. The molecule has 5 unspecified atom stereocenters. The van der Waals surface area contributed by atoms with Gasteiger partial charge in [-0.1, -0.05) is 32.9 Å². The molecule has 1 rings (SSSR count). The van der Waals surface area contributed by atoms with E-state index in [0.29, 0.717) is 19.3 Å². The molecule has 11 heteroatoms. The van der Waals surface area contributed by atoms with Crippen LogP contribution in [0.5, 0.6) is 0 Å². The topological polar surface area (TPSA) is 81.7 Å². The number of carbonyl (C=O) groups is 1. The Morgan fingerprint density at radius 2 is 1.59 bits per heavy atom. The van der Waals surface area contributed by atoms with Crippen molar-refractivity contribution in [3.05, 3.63) is 21.6 Å². The number of carbonyl (C=O) groups excluding carboxylic acids is 1. The Balaban J connectivity index is 3.32. The Bertz CT molecular complexity index is 751.